The van der Waals surface area contributed by atoms with Gasteiger partial charge in [-0.15, -0.1) is 0 Å². The number of rotatable bonds is 1. The number of hydrogen-bond donors (Lipinski definition) is 1. The fourth-order valence-corrected chi connectivity index (χ4v) is 0. The largest absolute Gasteiger partial charge is 2.00 e. The van der Waals surface area contributed by atoms with Gasteiger partial charge in [0.1, 0.15) is 0 Å². The van der Waals surface area contributed by atoms with Crippen LogP contribution in [0.2, 0.25) is 0 Å². The van der Waals surface area contributed by atoms with Crippen LogP contribution in [0.15, 0.2) is 0 Å². The van der Waals surface area contributed by atoms with Crippen molar-refractivity contribution >= 4 is 29.5 Å². The molecule has 4 heteroatoms. The summed E-state index contributed by atoms with van der Waals surface area (Å²) >= 11 is 0. The molecule has 0 aliphatic carbocycles. The zero-order valence-corrected chi connectivity index (χ0v) is 8.80. The summed E-state index contributed by atoms with van der Waals surface area (Å²) in [6.45, 7) is 3.93. The standard InChI is InChI=1S/C4H9.CH2O2.BrH.Mg/c1-3-4-2;2-1-3;;/h3H,4H2,1-2H3;1H,(H,2,3);1H;/q-1;;;+2/p-1. The van der Waals surface area contributed by atoms with E-state index >= 15 is 0 Å². The van der Waals surface area contributed by atoms with Gasteiger partial charge in [0.25, 0.3) is 6.47 Å². The van der Waals surface area contributed by atoms with Crippen LogP contribution in [0, 0.1) is 6.42 Å². The second-order valence-electron chi connectivity index (χ2n) is 0.922. The van der Waals surface area contributed by atoms with Crippen molar-refractivity contribution in [2.24, 2.45) is 0 Å². The van der Waals surface area contributed by atoms with E-state index in [1.54, 1.807) is 0 Å². The smallest absolute Gasteiger partial charge is 1.00 e. The number of carbonyl (C=O) groups is 1. The molecule has 0 amide bonds. The summed E-state index contributed by atoms with van der Waals surface area (Å²) in [6.07, 6.45) is 3.32. The van der Waals surface area contributed by atoms with Gasteiger partial charge in [0, 0.05) is 0 Å². The van der Waals surface area contributed by atoms with Crippen molar-refractivity contribution in [2.75, 3.05) is 0 Å². The Hall–Kier alpha value is 0.716. The molecule has 0 radical (unpaired) electrons. The van der Waals surface area contributed by atoms with Crippen molar-refractivity contribution in [1.29, 1.82) is 0 Å². The Balaban J connectivity index is -0.0000000233. The minimum atomic E-state index is -0.250. The maximum Gasteiger partial charge on any atom is 2.00 e. The predicted molar refractivity (Wildman–Crippen MR) is 34.7 cm³/mol. The van der Waals surface area contributed by atoms with E-state index in [1.165, 1.54) is 6.42 Å². The number of hydrogen-bond acceptors (Lipinski definition) is 1. The fourth-order valence-electron chi connectivity index (χ4n) is 0. The summed E-state index contributed by atoms with van der Waals surface area (Å²) in [5.74, 6) is 0. The predicted octanol–water partition coefficient (Wildman–Crippen LogP) is -2.06. The van der Waals surface area contributed by atoms with Crippen molar-refractivity contribution in [3.8, 4) is 0 Å². The molecule has 0 atom stereocenters. The molecule has 0 aliphatic heterocycles. The molecule has 0 aliphatic rings. The van der Waals surface area contributed by atoms with E-state index in [-0.39, 0.29) is 46.5 Å². The van der Waals surface area contributed by atoms with Crippen LogP contribution in [-0.2, 0) is 4.79 Å². The molecule has 52 valence electrons. The Morgan fingerprint density at radius 2 is 1.78 bits per heavy atom. The Morgan fingerprint density at radius 3 is 1.78 bits per heavy atom. The van der Waals surface area contributed by atoms with Gasteiger partial charge in [0.2, 0.25) is 0 Å². The third kappa shape index (κ3) is 133. The van der Waals surface area contributed by atoms with Crippen LogP contribution >= 0.6 is 0 Å². The van der Waals surface area contributed by atoms with Gasteiger partial charge in [-0.25, -0.2) is 0 Å². The van der Waals surface area contributed by atoms with Crippen LogP contribution < -0.4 is 17.0 Å². The third-order valence-electron chi connectivity index (χ3n) is 0.408. The second kappa shape index (κ2) is 37.6. The van der Waals surface area contributed by atoms with E-state index < -0.39 is 0 Å². The summed E-state index contributed by atoms with van der Waals surface area (Å²) in [5.41, 5.74) is 0. The summed E-state index contributed by atoms with van der Waals surface area (Å²) in [5, 5.41) is 6.89. The topological polar surface area (TPSA) is 37.3 Å². The Morgan fingerprint density at radius 1 is 1.67 bits per heavy atom. The van der Waals surface area contributed by atoms with E-state index in [0.29, 0.717) is 0 Å². The summed E-state index contributed by atoms with van der Waals surface area (Å²) in [4.78, 5) is 8.36. The second-order valence-corrected chi connectivity index (χ2v) is 0.922. The molecule has 1 N–H and O–H groups in total. The van der Waals surface area contributed by atoms with Crippen molar-refractivity contribution in [1.82, 2.24) is 0 Å². The monoisotopic (exact) mass is 206 g/mol. The van der Waals surface area contributed by atoms with Crippen LogP contribution in [0.1, 0.15) is 20.3 Å². The first-order valence-electron chi connectivity index (χ1n) is 2.19. The fraction of sp³-hybridized carbons (Fsp3) is 0.600. The zero-order chi connectivity index (χ0) is 6.12. The average molecular weight is 207 g/mol. The molecule has 0 saturated carbocycles. The van der Waals surface area contributed by atoms with Crippen molar-refractivity contribution < 1.29 is 26.9 Å². The first kappa shape index (κ1) is 22.6. The molecule has 0 heterocycles. The molecule has 0 aromatic carbocycles. The molecule has 0 fully saturated rings. The molecule has 9 heavy (non-hydrogen) atoms. The van der Waals surface area contributed by atoms with Crippen LogP contribution in [0.5, 0.6) is 0 Å². The molecular formula is C5H11BrMgO2. The molecule has 0 rings (SSSR count). The molecule has 0 bridgehead atoms. The van der Waals surface area contributed by atoms with Crippen molar-refractivity contribution in [3.63, 3.8) is 0 Å². The molecular weight excluding hydrogens is 196 g/mol. The van der Waals surface area contributed by atoms with Crippen LogP contribution in [-0.4, -0.2) is 34.6 Å². The van der Waals surface area contributed by atoms with Crippen molar-refractivity contribution in [2.45, 2.75) is 20.3 Å². The molecule has 0 saturated heterocycles. The van der Waals surface area contributed by atoms with Gasteiger partial charge in [-0.2, -0.15) is 13.3 Å². The van der Waals surface area contributed by atoms with Gasteiger partial charge in [-0.05, 0) is 0 Å². The maximum atomic E-state index is 8.36. The summed E-state index contributed by atoms with van der Waals surface area (Å²) in [6, 6.07) is 0. The minimum Gasteiger partial charge on any atom is -1.00 e. The van der Waals surface area contributed by atoms with Gasteiger partial charge in [-0.3, -0.25) is 4.79 Å². The van der Waals surface area contributed by atoms with Crippen LogP contribution in [0.4, 0.5) is 0 Å². The van der Waals surface area contributed by atoms with E-state index in [2.05, 4.69) is 20.3 Å². The van der Waals surface area contributed by atoms with Gasteiger partial charge < -0.3 is 28.5 Å². The Bertz CT molecular complexity index is 34.1. The Kier molecular flexibility index (Phi) is 94.3. The summed E-state index contributed by atoms with van der Waals surface area (Å²) in [7, 11) is 0. The van der Waals surface area contributed by atoms with Gasteiger partial charge in [-0.1, -0.05) is 6.92 Å². The minimum absolute atomic E-state index is 0. The molecule has 0 aromatic rings. The van der Waals surface area contributed by atoms with Crippen LogP contribution in [0.25, 0.3) is 0 Å². The van der Waals surface area contributed by atoms with Crippen molar-refractivity contribution in [3.05, 3.63) is 6.42 Å². The van der Waals surface area contributed by atoms with Gasteiger partial charge in [0.05, 0.1) is 0 Å². The quantitative estimate of drug-likeness (QED) is 0.305. The molecule has 0 unspecified atom stereocenters. The molecule has 0 spiro atoms. The molecule has 2 nitrogen and oxygen atoms in total. The third-order valence-corrected chi connectivity index (χ3v) is 0.408. The molecule has 0 aromatic heterocycles. The number of halogens is 1. The van der Waals surface area contributed by atoms with Gasteiger partial charge in [0.15, 0.2) is 0 Å². The average Bonchev–Trinajstić information content (AvgIpc) is 1.69. The first-order chi connectivity index (χ1) is 3.33. The number of carboxylic acid groups (broad SMARTS) is 1. The summed E-state index contributed by atoms with van der Waals surface area (Å²) < 4.78 is 0. The van der Waals surface area contributed by atoms with Gasteiger partial charge >= 0.3 is 23.1 Å². The van der Waals surface area contributed by atoms with E-state index in [4.69, 9.17) is 9.90 Å². The van der Waals surface area contributed by atoms with Crippen LogP contribution in [0.3, 0.4) is 0 Å². The van der Waals surface area contributed by atoms with E-state index in [9.17, 15) is 0 Å². The maximum absolute atomic E-state index is 8.36. The van der Waals surface area contributed by atoms with E-state index in [1.807, 2.05) is 0 Å². The first-order valence-corrected chi connectivity index (χ1v) is 2.19. The SMILES string of the molecule is C[CH-]CC.O=CO.[Br-].[Mg+2]. The van der Waals surface area contributed by atoms with E-state index in [0.717, 1.165) is 0 Å². The number of unbranched alkanes of at least 4 members (excludes halogenated alkanes) is 1. The zero-order valence-electron chi connectivity index (χ0n) is 5.80. The Labute approximate surface area is 82.9 Å². The normalized spacial score (nSPS) is 4.67.